The molecule has 20 heavy (non-hydrogen) atoms. The summed E-state index contributed by atoms with van der Waals surface area (Å²) < 4.78 is 5.33. The van der Waals surface area contributed by atoms with Gasteiger partial charge < -0.3 is 10.3 Å². The molecule has 1 aliphatic rings. The summed E-state index contributed by atoms with van der Waals surface area (Å²) >= 11 is 12.0. The molecule has 0 atom stereocenters. The van der Waals surface area contributed by atoms with Gasteiger partial charge in [-0.15, -0.1) is 0 Å². The molecule has 0 bridgehead atoms. The van der Waals surface area contributed by atoms with Crippen molar-refractivity contribution in [1.82, 2.24) is 10.1 Å². The van der Waals surface area contributed by atoms with Crippen LogP contribution in [0.3, 0.4) is 0 Å². The predicted octanol–water partition coefficient (Wildman–Crippen LogP) is 3.71. The molecule has 0 saturated heterocycles. The van der Waals surface area contributed by atoms with Gasteiger partial charge in [0, 0.05) is 22.0 Å². The minimum Gasteiger partial charge on any atom is -0.339 e. The van der Waals surface area contributed by atoms with E-state index in [4.69, 9.17) is 33.5 Å². The van der Waals surface area contributed by atoms with Crippen LogP contribution in [0.5, 0.6) is 0 Å². The van der Waals surface area contributed by atoms with E-state index in [0.717, 1.165) is 24.8 Å². The predicted molar refractivity (Wildman–Crippen MR) is 78.8 cm³/mol. The number of hydrogen-bond donors (Lipinski definition) is 1. The number of nitrogens with two attached hydrogens (primary N) is 1. The molecule has 106 valence electrons. The Morgan fingerprint density at radius 1 is 1.20 bits per heavy atom. The monoisotopic (exact) mass is 311 g/mol. The first kappa shape index (κ1) is 13.9. The van der Waals surface area contributed by atoms with Crippen LogP contribution in [0.15, 0.2) is 22.7 Å². The molecule has 1 aromatic carbocycles. The standard InChI is InChI=1S/C14H15Cl2N3O/c15-10-4-9(5-11(16)6-10)13-18-12(20-19-13)7-14(8-17)2-1-3-14/h4-6H,1-3,7-8,17H2. The molecule has 0 aliphatic heterocycles. The molecule has 2 N–H and O–H groups in total. The highest BCUT2D eigenvalue weighted by molar-refractivity contribution is 6.35. The van der Waals surface area contributed by atoms with Crippen LogP contribution in [0.4, 0.5) is 0 Å². The average molecular weight is 312 g/mol. The first-order valence-corrected chi connectivity index (χ1v) is 7.35. The number of rotatable bonds is 4. The van der Waals surface area contributed by atoms with Gasteiger partial charge in [0.1, 0.15) is 0 Å². The molecule has 0 amide bonds. The summed E-state index contributed by atoms with van der Waals surface area (Å²) in [7, 11) is 0. The van der Waals surface area contributed by atoms with Crippen LogP contribution in [0.25, 0.3) is 11.4 Å². The number of benzene rings is 1. The second-order valence-electron chi connectivity index (χ2n) is 5.40. The van der Waals surface area contributed by atoms with Crippen molar-refractivity contribution < 1.29 is 4.52 Å². The number of aromatic nitrogens is 2. The van der Waals surface area contributed by atoms with Gasteiger partial charge >= 0.3 is 0 Å². The molecule has 0 radical (unpaired) electrons. The minimum atomic E-state index is 0.149. The zero-order chi connectivity index (χ0) is 14.2. The van der Waals surface area contributed by atoms with Crippen LogP contribution in [-0.2, 0) is 6.42 Å². The summed E-state index contributed by atoms with van der Waals surface area (Å²) in [6.07, 6.45) is 4.22. The second kappa shape index (κ2) is 5.35. The highest BCUT2D eigenvalue weighted by Gasteiger charge is 2.37. The maximum atomic E-state index is 5.98. The van der Waals surface area contributed by atoms with Crippen LogP contribution in [0, 0.1) is 5.41 Å². The Morgan fingerprint density at radius 2 is 1.90 bits per heavy atom. The normalized spacial score (nSPS) is 16.9. The Morgan fingerprint density at radius 3 is 2.45 bits per heavy atom. The topological polar surface area (TPSA) is 64.9 Å². The van der Waals surface area contributed by atoms with Crippen molar-refractivity contribution in [2.75, 3.05) is 6.54 Å². The third kappa shape index (κ3) is 2.68. The second-order valence-corrected chi connectivity index (χ2v) is 6.28. The first-order chi connectivity index (χ1) is 9.60. The lowest BCUT2D eigenvalue weighted by atomic mass is 9.67. The van der Waals surface area contributed by atoms with Crippen molar-refractivity contribution in [2.45, 2.75) is 25.7 Å². The van der Waals surface area contributed by atoms with Crippen molar-refractivity contribution in [3.8, 4) is 11.4 Å². The van der Waals surface area contributed by atoms with Gasteiger partial charge in [-0.25, -0.2) is 0 Å². The van der Waals surface area contributed by atoms with E-state index >= 15 is 0 Å². The Labute approximate surface area is 127 Å². The van der Waals surface area contributed by atoms with Gasteiger partial charge in [-0.1, -0.05) is 34.8 Å². The third-order valence-electron chi connectivity index (χ3n) is 3.96. The largest absolute Gasteiger partial charge is 0.339 e. The van der Waals surface area contributed by atoms with Gasteiger partial charge in [-0.05, 0) is 43.0 Å². The van der Waals surface area contributed by atoms with Crippen LogP contribution >= 0.6 is 23.2 Å². The Hall–Kier alpha value is -1.10. The average Bonchev–Trinajstić information content (AvgIpc) is 2.81. The fraction of sp³-hybridized carbons (Fsp3) is 0.429. The lowest BCUT2D eigenvalue weighted by Crippen LogP contribution is -2.39. The van der Waals surface area contributed by atoms with E-state index in [9.17, 15) is 0 Å². The van der Waals surface area contributed by atoms with E-state index < -0.39 is 0 Å². The molecule has 0 spiro atoms. The molecule has 1 heterocycles. The van der Waals surface area contributed by atoms with Gasteiger partial charge in [0.25, 0.3) is 0 Å². The van der Waals surface area contributed by atoms with Gasteiger partial charge in [0.15, 0.2) is 0 Å². The molecule has 6 heteroatoms. The molecular formula is C14H15Cl2N3O. The van der Waals surface area contributed by atoms with Crippen LogP contribution in [-0.4, -0.2) is 16.7 Å². The Bertz CT molecular complexity index is 597. The molecule has 1 aromatic heterocycles. The highest BCUT2D eigenvalue weighted by atomic mass is 35.5. The Balaban J connectivity index is 1.83. The molecule has 1 aliphatic carbocycles. The molecule has 0 unspecified atom stereocenters. The number of nitrogens with zero attached hydrogens (tertiary/aromatic N) is 2. The van der Waals surface area contributed by atoms with E-state index in [1.807, 2.05) is 0 Å². The van der Waals surface area contributed by atoms with Crippen molar-refractivity contribution in [2.24, 2.45) is 11.1 Å². The highest BCUT2D eigenvalue weighted by Crippen LogP contribution is 2.42. The van der Waals surface area contributed by atoms with Crippen LogP contribution in [0.1, 0.15) is 25.2 Å². The smallest absolute Gasteiger partial charge is 0.227 e. The molecule has 4 nitrogen and oxygen atoms in total. The Kier molecular flexibility index (Phi) is 3.71. The van der Waals surface area contributed by atoms with E-state index in [0.29, 0.717) is 28.3 Å². The lowest BCUT2D eigenvalue weighted by molar-refractivity contribution is 0.129. The third-order valence-corrected chi connectivity index (χ3v) is 4.40. The van der Waals surface area contributed by atoms with Crippen molar-refractivity contribution >= 4 is 23.2 Å². The van der Waals surface area contributed by atoms with Gasteiger partial charge in [-0.2, -0.15) is 4.98 Å². The maximum Gasteiger partial charge on any atom is 0.227 e. The summed E-state index contributed by atoms with van der Waals surface area (Å²) in [4.78, 5) is 4.43. The lowest BCUT2D eigenvalue weighted by Gasteiger charge is -2.39. The van der Waals surface area contributed by atoms with E-state index in [2.05, 4.69) is 10.1 Å². The van der Waals surface area contributed by atoms with Gasteiger partial charge in [-0.3, -0.25) is 0 Å². The van der Waals surface area contributed by atoms with Crippen molar-refractivity contribution in [3.63, 3.8) is 0 Å². The van der Waals surface area contributed by atoms with Crippen LogP contribution in [0.2, 0.25) is 10.0 Å². The van der Waals surface area contributed by atoms with E-state index in [-0.39, 0.29) is 5.41 Å². The molecule has 3 rings (SSSR count). The van der Waals surface area contributed by atoms with Gasteiger partial charge in [0.2, 0.25) is 11.7 Å². The van der Waals surface area contributed by atoms with Crippen molar-refractivity contribution in [1.29, 1.82) is 0 Å². The number of halogens is 2. The van der Waals surface area contributed by atoms with Crippen LogP contribution < -0.4 is 5.73 Å². The first-order valence-electron chi connectivity index (χ1n) is 6.59. The summed E-state index contributed by atoms with van der Waals surface area (Å²) in [6.45, 7) is 0.660. The fourth-order valence-electron chi connectivity index (χ4n) is 2.58. The number of hydrogen-bond acceptors (Lipinski definition) is 4. The van der Waals surface area contributed by atoms with E-state index in [1.165, 1.54) is 6.42 Å². The summed E-state index contributed by atoms with van der Waals surface area (Å²) in [5.41, 5.74) is 6.76. The SMILES string of the molecule is NCC1(Cc2nc(-c3cc(Cl)cc(Cl)c3)no2)CCC1. The molecule has 2 aromatic rings. The maximum absolute atomic E-state index is 5.98. The molecule has 1 saturated carbocycles. The summed E-state index contributed by atoms with van der Waals surface area (Å²) in [6, 6.07) is 5.21. The summed E-state index contributed by atoms with van der Waals surface area (Å²) in [5.74, 6) is 1.14. The zero-order valence-corrected chi connectivity index (χ0v) is 12.4. The van der Waals surface area contributed by atoms with Gasteiger partial charge in [0.05, 0.1) is 0 Å². The minimum absolute atomic E-state index is 0.149. The molecular weight excluding hydrogens is 297 g/mol. The fourth-order valence-corrected chi connectivity index (χ4v) is 3.10. The zero-order valence-electron chi connectivity index (χ0n) is 10.9. The summed E-state index contributed by atoms with van der Waals surface area (Å²) in [5, 5.41) is 5.11. The molecule has 1 fully saturated rings. The quantitative estimate of drug-likeness (QED) is 0.934. The van der Waals surface area contributed by atoms with Crippen molar-refractivity contribution in [3.05, 3.63) is 34.1 Å². The van der Waals surface area contributed by atoms with E-state index in [1.54, 1.807) is 18.2 Å².